The van der Waals surface area contributed by atoms with Crippen LogP contribution in [0.25, 0.3) is 4.96 Å². The molecule has 6 heteroatoms. The lowest BCUT2D eigenvalue weighted by Gasteiger charge is -2.03. The Hall–Kier alpha value is -1.40. The maximum atomic E-state index is 5.78. The Balaban J connectivity index is 1.98. The number of ether oxygens (including phenoxy) is 1. The van der Waals surface area contributed by atoms with Crippen LogP contribution < -0.4 is 4.74 Å². The van der Waals surface area contributed by atoms with Crippen LogP contribution in [0.4, 0.5) is 0 Å². The highest BCUT2D eigenvalue weighted by Crippen LogP contribution is 2.28. The van der Waals surface area contributed by atoms with E-state index in [0.29, 0.717) is 17.0 Å². The summed E-state index contributed by atoms with van der Waals surface area (Å²) in [6.07, 6.45) is 3.70. The first-order valence-electron chi connectivity index (χ1n) is 5.39. The molecule has 0 N–H and O–H groups in total. The van der Waals surface area contributed by atoms with Crippen LogP contribution >= 0.6 is 27.3 Å². The van der Waals surface area contributed by atoms with Crippen molar-refractivity contribution in [3.05, 3.63) is 41.3 Å². The van der Waals surface area contributed by atoms with Crippen LogP contribution in [0.15, 0.2) is 29.9 Å². The van der Waals surface area contributed by atoms with E-state index in [1.54, 1.807) is 17.5 Å². The Bertz CT molecular complexity index is 674. The summed E-state index contributed by atoms with van der Waals surface area (Å²) in [7, 11) is 0. The van der Waals surface area contributed by atoms with Crippen LogP contribution in [0.3, 0.4) is 0 Å². The number of fused-ring (bicyclic) bond motifs is 1. The van der Waals surface area contributed by atoms with E-state index < -0.39 is 0 Å². The van der Waals surface area contributed by atoms with Crippen LogP contribution in [0, 0.1) is 6.92 Å². The molecule has 4 nitrogen and oxygen atoms in total. The van der Waals surface area contributed by atoms with Crippen LogP contribution in [0.1, 0.15) is 11.4 Å². The molecule has 18 heavy (non-hydrogen) atoms. The molecule has 0 unspecified atom stereocenters. The molecule has 3 rings (SSSR count). The fraction of sp³-hybridized carbons (Fsp3) is 0.167. The molecule has 0 amide bonds. The molecule has 3 heterocycles. The van der Waals surface area contributed by atoms with Gasteiger partial charge in [0.15, 0.2) is 4.96 Å². The summed E-state index contributed by atoms with van der Waals surface area (Å²) in [5, 5.41) is 2.70. The first-order valence-corrected chi connectivity index (χ1v) is 7.39. The number of pyridine rings is 1. The molecule has 0 aliphatic heterocycles. The normalized spacial score (nSPS) is 11.0. The molecule has 0 saturated heterocycles. The maximum Gasteiger partial charge on any atom is 0.243 e. The van der Waals surface area contributed by atoms with Crippen molar-refractivity contribution in [3.8, 4) is 11.6 Å². The molecule has 0 atom stereocenters. The number of halogens is 1. The second-order valence-electron chi connectivity index (χ2n) is 3.79. The number of alkyl halides is 1. The fourth-order valence-electron chi connectivity index (χ4n) is 1.64. The summed E-state index contributed by atoms with van der Waals surface area (Å²) in [5.74, 6) is 1.33. The van der Waals surface area contributed by atoms with Gasteiger partial charge in [0.05, 0.1) is 11.9 Å². The predicted molar refractivity (Wildman–Crippen MR) is 74.7 cm³/mol. The summed E-state index contributed by atoms with van der Waals surface area (Å²) in [6, 6.07) is 3.81. The molecule has 92 valence electrons. The topological polar surface area (TPSA) is 39.4 Å². The number of nitrogens with zero attached hydrogens (tertiary/aromatic N) is 3. The highest BCUT2D eigenvalue weighted by Gasteiger charge is 2.14. The summed E-state index contributed by atoms with van der Waals surface area (Å²) in [4.78, 5) is 9.60. The van der Waals surface area contributed by atoms with Crippen LogP contribution in [-0.2, 0) is 5.33 Å². The number of imidazole rings is 1. The lowest BCUT2D eigenvalue weighted by Crippen LogP contribution is -1.91. The number of hydrogen-bond acceptors (Lipinski definition) is 4. The third kappa shape index (κ3) is 2.02. The van der Waals surface area contributed by atoms with Gasteiger partial charge in [-0.3, -0.25) is 9.38 Å². The number of thiazole rings is 1. The number of aromatic nitrogens is 3. The molecular weight excluding hydrogens is 314 g/mol. The Kier molecular flexibility index (Phi) is 3.05. The van der Waals surface area contributed by atoms with Crippen molar-refractivity contribution in [1.82, 2.24) is 14.4 Å². The Morgan fingerprint density at radius 1 is 1.44 bits per heavy atom. The van der Waals surface area contributed by atoms with Crippen LogP contribution in [0.5, 0.6) is 11.6 Å². The Morgan fingerprint density at radius 3 is 3.06 bits per heavy atom. The van der Waals surface area contributed by atoms with Crippen molar-refractivity contribution in [1.29, 1.82) is 0 Å². The van der Waals surface area contributed by atoms with E-state index in [9.17, 15) is 0 Å². The quantitative estimate of drug-likeness (QED) is 0.688. The summed E-state index contributed by atoms with van der Waals surface area (Å²) >= 11 is 5.05. The van der Waals surface area contributed by atoms with Gasteiger partial charge in [0.1, 0.15) is 5.75 Å². The SMILES string of the molecule is Cc1ccc(Oc2nc3sccn3c2CBr)cn1. The van der Waals surface area contributed by atoms with Gasteiger partial charge in [-0.05, 0) is 19.1 Å². The molecule has 0 saturated carbocycles. The van der Waals surface area contributed by atoms with E-state index in [4.69, 9.17) is 4.74 Å². The molecule has 0 fully saturated rings. The van der Waals surface area contributed by atoms with Crippen molar-refractivity contribution < 1.29 is 4.74 Å². The fourth-order valence-corrected chi connectivity index (χ4v) is 2.88. The van der Waals surface area contributed by atoms with Gasteiger partial charge in [0.2, 0.25) is 5.88 Å². The largest absolute Gasteiger partial charge is 0.436 e. The molecule has 3 aromatic heterocycles. The number of rotatable bonds is 3. The van der Waals surface area contributed by atoms with E-state index in [1.807, 2.05) is 35.0 Å². The standard InChI is InChI=1S/C12H10BrN3OS/c1-8-2-3-9(7-14-8)17-11-10(6-13)16-4-5-18-12(16)15-11/h2-5,7H,6H2,1H3. The van der Waals surface area contributed by atoms with E-state index in [1.165, 1.54) is 0 Å². The summed E-state index contributed by atoms with van der Waals surface area (Å²) in [5.41, 5.74) is 1.97. The first kappa shape index (κ1) is 11.7. The minimum atomic E-state index is 0.629. The molecular formula is C12H10BrN3OS. The molecule has 3 aromatic rings. The van der Waals surface area contributed by atoms with Crippen molar-refractivity contribution in [2.45, 2.75) is 12.3 Å². The average molecular weight is 324 g/mol. The highest BCUT2D eigenvalue weighted by molar-refractivity contribution is 9.08. The molecule has 0 radical (unpaired) electrons. The average Bonchev–Trinajstić information content (AvgIpc) is 2.92. The highest BCUT2D eigenvalue weighted by atomic mass is 79.9. The molecule has 0 aliphatic rings. The lowest BCUT2D eigenvalue weighted by molar-refractivity contribution is 0.459. The van der Waals surface area contributed by atoms with Gasteiger partial charge in [-0.25, -0.2) is 0 Å². The summed E-state index contributed by atoms with van der Waals surface area (Å²) < 4.78 is 7.81. The zero-order valence-corrected chi connectivity index (χ0v) is 12.0. The summed E-state index contributed by atoms with van der Waals surface area (Å²) in [6.45, 7) is 1.94. The molecule has 0 aliphatic carbocycles. The van der Waals surface area contributed by atoms with Crippen molar-refractivity contribution in [2.24, 2.45) is 0 Å². The first-order chi connectivity index (χ1) is 8.78. The third-order valence-corrected chi connectivity index (χ3v) is 3.84. The molecule has 0 spiro atoms. The lowest BCUT2D eigenvalue weighted by atomic mass is 10.4. The van der Waals surface area contributed by atoms with Crippen molar-refractivity contribution in [2.75, 3.05) is 0 Å². The van der Waals surface area contributed by atoms with E-state index in [2.05, 4.69) is 25.9 Å². The van der Waals surface area contributed by atoms with Crippen molar-refractivity contribution >= 4 is 32.2 Å². The van der Waals surface area contributed by atoms with Gasteiger partial charge in [-0.2, -0.15) is 4.98 Å². The van der Waals surface area contributed by atoms with Gasteiger partial charge in [0, 0.05) is 22.6 Å². The third-order valence-electron chi connectivity index (χ3n) is 2.55. The van der Waals surface area contributed by atoms with E-state index in [-0.39, 0.29) is 0 Å². The van der Waals surface area contributed by atoms with Gasteiger partial charge in [-0.15, -0.1) is 11.3 Å². The molecule has 0 bridgehead atoms. The smallest absolute Gasteiger partial charge is 0.243 e. The van der Waals surface area contributed by atoms with E-state index >= 15 is 0 Å². The molecule has 0 aromatic carbocycles. The Morgan fingerprint density at radius 2 is 2.33 bits per heavy atom. The van der Waals surface area contributed by atoms with Crippen LogP contribution in [0.2, 0.25) is 0 Å². The van der Waals surface area contributed by atoms with Gasteiger partial charge < -0.3 is 4.74 Å². The second-order valence-corrected chi connectivity index (χ2v) is 5.22. The minimum Gasteiger partial charge on any atom is -0.436 e. The minimum absolute atomic E-state index is 0.629. The Labute approximate surface area is 116 Å². The van der Waals surface area contributed by atoms with Gasteiger partial charge in [0.25, 0.3) is 0 Å². The second kappa shape index (κ2) is 4.70. The van der Waals surface area contributed by atoms with Gasteiger partial charge in [-0.1, -0.05) is 15.9 Å². The van der Waals surface area contributed by atoms with Gasteiger partial charge >= 0.3 is 0 Å². The van der Waals surface area contributed by atoms with Crippen LogP contribution in [-0.4, -0.2) is 14.4 Å². The zero-order chi connectivity index (χ0) is 12.5. The zero-order valence-electron chi connectivity index (χ0n) is 9.63. The number of aryl methyl sites for hydroxylation is 1. The number of hydrogen-bond donors (Lipinski definition) is 0. The van der Waals surface area contributed by atoms with Crippen molar-refractivity contribution in [3.63, 3.8) is 0 Å². The predicted octanol–water partition coefficient (Wildman–Crippen LogP) is 3.79. The monoisotopic (exact) mass is 323 g/mol. The van der Waals surface area contributed by atoms with E-state index in [0.717, 1.165) is 16.3 Å². The maximum absolute atomic E-state index is 5.78.